The second kappa shape index (κ2) is 11.3. The Morgan fingerprint density at radius 1 is 1.08 bits per heavy atom. The number of phenolic OH excluding ortho intramolecular Hbond substituents is 2. The topological polar surface area (TPSA) is 133 Å². The van der Waals surface area contributed by atoms with Gasteiger partial charge in [-0.1, -0.05) is 18.2 Å². The summed E-state index contributed by atoms with van der Waals surface area (Å²) in [5.41, 5.74) is 4.46. The van der Waals surface area contributed by atoms with Crippen LogP contribution < -0.4 is 19.5 Å². The van der Waals surface area contributed by atoms with Crippen LogP contribution in [0.5, 0.6) is 23.0 Å². The molecule has 0 aliphatic carbocycles. The Balaban J connectivity index is 1.54. The first kappa shape index (κ1) is 24.6. The molecular weight excluding hydrogens is 482 g/mol. The molecule has 184 valence electrons. The SMILES string of the molecule is COc1ccc(-c2[nH]nc(SCC(=O)N/N=C/c3ccc(O)cc3O)[n+]2-c2ccccc2)cc1OC. The molecule has 11 heteroatoms. The molecule has 4 rings (SSSR count). The van der Waals surface area contributed by atoms with Crippen molar-refractivity contribution in [2.75, 3.05) is 20.0 Å². The molecule has 0 fully saturated rings. The fraction of sp³-hybridized carbons (Fsp3) is 0.120. The number of nitrogens with one attached hydrogen (secondary N) is 2. The summed E-state index contributed by atoms with van der Waals surface area (Å²) >= 11 is 1.23. The summed E-state index contributed by atoms with van der Waals surface area (Å²) in [7, 11) is 3.15. The van der Waals surface area contributed by atoms with Crippen molar-refractivity contribution < 1.29 is 29.0 Å². The number of thioether (sulfide) groups is 1. The number of hydrazone groups is 1. The van der Waals surface area contributed by atoms with Crippen LogP contribution in [0, 0.1) is 0 Å². The lowest BCUT2D eigenvalue weighted by Crippen LogP contribution is -2.34. The molecule has 3 aromatic carbocycles. The smallest absolute Gasteiger partial charge is 0.342 e. The van der Waals surface area contributed by atoms with Gasteiger partial charge in [0.05, 0.1) is 36.8 Å². The Hall–Kier alpha value is -4.51. The molecule has 0 atom stereocenters. The van der Waals surface area contributed by atoms with Crippen molar-refractivity contribution in [1.29, 1.82) is 0 Å². The first-order chi connectivity index (χ1) is 17.5. The number of nitrogens with zero attached hydrogens (tertiary/aromatic N) is 3. The quantitative estimate of drug-likeness (QED) is 0.119. The molecule has 0 spiro atoms. The molecule has 0 saturated carbocycles. The van der Waals surface area contributed by atoms with E-state index >= 15 is 0 Å². The number of aromatic hydroxyl groups is 2. The summed E-state index contributed by atoms with van der Waals surface area (Å²) in [6.45, 7) is 0. The normalized spacial score (nSPS) is 10.9. The Labute approximate surface area is 211 Å². The van der Waals surface area contributed by atoms with Gasteiger partial charge in [-0.05, 0) is 54.2 Å². The van der Waals surface area contributed by atoms with Gasteiger partial charge < -0.3 is 19.7 Å². The van der Waals surface area contributed by atoms with Gasteiger partial charge in [0.25, 0.3) is 11.7 Å². The summed E-state index contributed by atoms with van der Waals surface area (Å²) in [6.07, 6.45) is 1.30. The van der Waals surface area contributed by atoms with E-state index in [0.29, 0.717) is 28.0 Å². The Kier molecular flexibility index (Phi) is 7.71. The van der Waals surface area contributed by atoms with E-state index in [1.807, 2.05) is 53.1 Å². The minimum Gasteiger partial charge on any atom is -0.508 e. The van der Waals surface area contributed by atoms with Gasteiger partial charge >= 0.3 is 5.16 Å². The highest BCUT2D eigenvalue weighted by atomic mass is 32.2. The van der Waals surface area contributed by atoms with E-state index in [2.05, 4.69) is 20.7 Å². The van der Waals surface area contributed by atoms with Gasteiger partial charge in [0.1, 0.15) is 17.2 Å². The van der Waals surface area contributed by atoms with Gasteiger partial charge in [-0.3, -0.25) is 4.79 Å². The molecule has 0 unspecified atom stereocenters. The fourth-order valence-corrected chi connectivity index (χ4v) is 4.13. The second-order valence-electron chi connectivity index (χ2n) is 7.42. The zero-order valence-corrected chi connectivity index (χ0v) is 20.3. The maximum atomic E-state index is 12.4. The molecule has 0 radical (unpaired) electrons. The van der Waals surface area contributed by atoms with E-state index in [9.17, 15) is 15.0 Å². The van der Waals surface area contributed by atoms with Crippen LogP contribution in [0.15, 0.2) is 77.0 Å². The maximum Gasteiger partial charge on any atom is 0.342 e. The predicted octanol–water partition coefficient (Wildman–Crippen LogP) is 3.02. The largest absolute Gasteiger partial charge is 0.508 e. The van der Waals surface area contributed by atoms with Crippen molar-refractivity contribution in [3.8, 4) is 40.1 Å². The summed E-state index contributed by atoms with van der Waals surface area (Å²) in [5, 5.41) is 31.1. The van der Waals surface area contributed by atoms with Crippen LogP contribution in [0.25, 0.3) is 17.1 Å². The van der Waals surface area contributed by atoms with Crippen molar-refractivity contribution in [3.63, 3.8) is 0 Å². The number of aromatic nitrogens is 3. The third-order valence-corrected chi connectivity index (χ3v) is 6.02. The molecule has 0 aliphatic rings. The Morgan fingerprint density at radius 2 is 1.86 bits per heavy atom. The lowest BCUT2D eigenvalue weighted by molar-refractivity contribution is -0.625. The molecule has 4 N–H and O–H groups in total. The molecule has 4 aromatic rings. The highest BCUT2D eigenvalue weighted by molar-refractivity contribution is 7.99. The van der Waals surface area contributed by atoms with Gasteiger partial charge in [0, 0.05) is 11.6 Å². The summed E-state index contributed by atoms with van der Waals surface area (Å²) in [5.74, 6) is 1.36. The van der Waals surface area contributed by atoms with Gasteiger partial charge in [0.15, 0.2) is 11.5 Å². The number of amides is 1. The van der Waals surface area contributed by atoms with Crippen molar-refractivity contribution in [2.24, 2.45) is 5.10 Å². The van der Waals surface area contributed by atoms with E-state index in [1.165, 1.54) is 36.2 Å². The Bertz CT molecular complexity index is 1390. The number of hydrogen-bond acceptors (Lipinski definition) is 8. The van der Waals surface area contributed by atoms with Crippen molar-refractivity contribution in [3.05, 3.63) is 72.3 Å². The monoisotopic (exact) mass is 506 g/mol. The number of phenols is 2. The van der Waals surface area contributed by atoms with Crippen LogP contribution in [0.1, 0.15) is 5.56 Å². The van der Waals surface area contributed by atoms with Gasteiger partial charge in [0.2, 0.25) is 0 Å². The summed E-state index contributed by atoms with van der Waals surface area (Å²) in [6, 6.07) is 19.3. The summed E-state index contributed by atoms with van der Waals surface area (Å²) in [4.78, 5) is 12.4. The fourth-order valence-electron chi connectivity index (χ4n) is 3.36. The average molecular weight is 507 g/mol. The number of hydrogen-bond donors (Lipinski definition) is 4. The number of para-hydroxylation sites is 1. The molecule has 1 amide bonds. The average Bonchev–Trinajstić information content (AvgIpc) is 3.32. The number of rotatable bonds is 9. The van der Waals surface area contributed by atoms with Crippen LogP contribution in [0.3, 0.4) is 0 Å². The lowest BCUT2D eigenvalue weighted by Gasteiger charge is -2.09. The van der Waals surface area contributed by atoms with Crippen LogP contribution >= 0.6 is 11.8 Å². The van der Waals surface area contributed by atoms with Crippen LogP contribution in [0.2, 0.25) is 0 Å². The Morgan fingerprint density at radius 3 is 2.58 bits per heavy atom. The molecule has 36 heavy (non-hydrogen) atoms. The minimum absolute atomic E-state index is 0.0436. The van der Waals surface area contributed by atoms with Crippen LogP contribution in [-0.2, 0) is 4.79 Å². The number of methoxy groups -OCH3 is 2. The highest BCUT2D eigenvalue weighted by Gasteiger charge is 2.25. The molecule has 1 aromatic heterocycles. The number of carbonyl (C=O) groups is 1. The molecule has 0 saturated heterocycles. The number of H-pyrrole nitrogens is 1. The van der Waals surface area contributed by atoms with E-state index < -0.39 is 0 Å². The van der Waals surface area contributed by atoms with Crippen LogP contribution in [-0.4, -0.2) is 52.5 Å². The van der Waals surface area contributed by atoms with Gasteiger partial charge in [-0.15, -0.1) is 5.10 Å². The molecule has 0 bridgehead atoms. The second-order valence-corrected chi connectivity index (χ2v) is 8.36. The molecule has 0 aliphatic heterocycles. The number of ether oxygens (including phenoxy) is 2. The van der Waals surface area contributed by atoms with Crippen molar-refractivity contribution >= 4 is 23.9 Å². The standard InChI is InChI=1S/C25H23N5O5S/c1-34-21-11-9-16(12-22(21)35-2)24-28-29-25(30(24)18-6-4-3-5-7-18)36-15-23(33)27-26-14-17-8-10-19(31)13-20(17)32/h3-14H,15H2,1-2H3,(H3,26,27,31,32,33)/p+1. The van der Waals surface area contributed by atoms with Gasteiger partial charge in [-0.2, -0.15) is 9.67 Å². The third-order valence-electron chi connectivity index (χ3n) is 5.08. The first-order valence-corrected chi connectivity index (χ1v) is 11.7. The van der Waals surface area contributed by atoms with Crippen molar-refractivity contribution in [2.45, 2.75) is 5.16 Å². The molecule has 1 heterocycles. The zero-order chi connectivity index (χ0) is 25.5. The maximum absolute atomic E-state index is 12.4. The zero-order valence-electron chi connectivity index (χ0n) is 19.5. The molecule has 10 nitrogen and oxygen atoms in total. The predicted molar refractivity (Wildman–Crippen MR) is 135 cm³/mol. The third kappa shape index (κ3) is 5.58. The number of carbonyl (C=O) groups excluding carboxylic acids is 1. The van der Waals surface area contributed by atoms with E-state index in [1.54, 1.807) is 14.2 Å². The molecular formula is C25H24N5O5S+. The first-order valence-electron chi connectivity index (χ1n) is 10.7. The summed E-state index contributed by atoms with van der Waals surface area (Å²) < 4.78 is 12.7. The van der Waals surface area contributed by atoms with Crippen molar-refractivity contribution in [1.82, 2.24) is 15.6 Å². The van der Waals surface area contributed by atoms with E-state index in [4.69, 9.17) is 9.47 Å². The van der Waals surface area contributed by atoms with E-state index in [0.717, 1.165) is 11.3 Å². The number of benzene rings is 3. The minimum atomic E-state index is -0.357. The van der Waals surface area contributed by atoms with E-state index in [-0.39, 0.29) is 23.2 Å². The van der Waals surface area contributed by atoms with Gasteiger partial charge in [-0.25, -0.2) is 5.43 Å². The lowest BCUT2D eigenvalue weighted by atomic mass is 10.2. The number of aromatic amines is 1. The van der Waals surface area contributed by atoms with Crippen LogP contribution in [0.4, 0.5) is 0 Å². The highest BCUT2D eigenvalue weighted by Crippen LogP contribution is 2.31.